The Balaban J connectivity index is 1.78. The summed E-state index contributed by atoms with van der Waals surface area (Å²) >= 11 is 0. The van der Waals surface area contributed by atoms with Crippen LogP contribution < -0.4 is 19.5 Å². The quantitative estimate of drug-likeness (QED) is 0.656. The van der Waals surface area contributed by atoms with E-state index in [1.807, 2.05) is 0 Å². The normalized spacial score (nSPS) is 13.9. The number of alkyl halides is 3. The monoisotopic (exact) mass is 466 g/mol. The van der Waals surface area contributed by atoms with Gasteiger partial charge in [0.05, 0.1) is 31.0 Å². The van der Waals surface area contributed by atoms with Gasteiger partial charge in [-0.3, -0.25) is 9.59 Å². The average Bonchev–Trinajstić information content (AvgIpc) is 2.82. The third-order valence-corrected chi connectivity index (χ3v) is 5.20. The van der Waals surface area contributed by atoms with E-state index in [0.717, 1.165) is 31.4 Å². The van der Waals surface area contributed by atoms with Crippen molar-refractivity contribution in [2.45, 2.75) is 25.4 Å². The van der Waals surface area contributed by atoms with E-state index in [1.165, 1.54) is 38.5 Å². The molecule has 1 N–H and O–H groups in total. The molecule has 178 valence electrons. The van der Waals surface area contributed by atoms with Crippen LogP contribution in [0.15, 0.2) is 36.4 Å². The van der Waals surface area contributed by atoms with Crippen LogP contribution in [0.1, 0.15) is 35.2 Å². The standard InChI is InChI=1S/C23H25F3N2O5/c1-31-19-12-17(22(30)28-9-4-3-5-10-28)18(13-20(19)32-2)27-21(29)14-33-16-8-6-7-15(11-16)23(24,25)26/h6-8,11-13H,3-5,9-10,14H2,1-2H3,(H,27,29). The first-order valence-electron chi connectivity index (χ1n) is 10.4. The number of methoxy groups -OCH3 is 2. The largest absolute Gasteiger partial charge is 0.493 e. The summed E-state index contributed by atoms with van der Waals surface area (Å²) in [5.74, 6) is -0.369. The maximum atomic E-state index is 13.1. The highest BCUT2D eigenvalue weighted by Crippen LogP contribution is 2.35. The number of nitrogens with one attached hydrogen (secondary N) is 1. The fourth-order valence-corrected chi connectivity index (χ4v) is 3.52. The summed E-state index contributed by atoms with van der Waals surface area (Å²) in [4.78, 5) is 27.3. The van der Waals surface area contributed by atoms with Crippen LogP contribution in [0.5, 0.6) is 17.2 Å². The molecule has 0 spiro atoms. The molecule has 33 heavy (non-hydrogen) atoms. The van der Waals surface area contributed by atoms with Gasteiger partial charge in [0.15, 0.2) is 18.1 Å². The van der Waals surface area contributed by atoms with Gasteiger partial charge < -0.3 is 24.4 Å². The van der Waals surface area contributed by atoms with E-state index >= 15 is 0 Å². The molecule has 0 bridgehead atoms. The van der Waals surface area contributed by atoms with E-state index in [1.54, 1.807) is 4.90 Å². The summed E-state index contributed by atoms with van der Waals surface area (Å²) in [6.45, 7) is 0.672. The number of rotatable bonds is 7. The van der Waals surface area contributed by atoms with Crippen LogP contribution in [0.2, 0.25) is 0 Å². The molecule has 0 unspecified atom stereocenters. The lowest BCUT2D eigenvalue weighted by Crippen LogP contribution is -2.36. The number of benzene rings is 2. The highest BCUT2D eigenvalue weighted by atomic mass is 19.4. The van der Waals surface area contributed by atoms with E-state index in [-0.39, 0.29) is 22.9 Å². The van der Waals surface area contributed by atoms with Gasteiger partial charge in [-0.1, -0.05) is 6.07 Å². The highest BCUT2D eigenvalue weighted by Gasteiger charge is 2.30. The fraction of sp³-hybridized carbons (Fsp3) is 0.391. The molecule has 2 aromatic carbocycles. The first kappa shape index (κ1) is 24.2. The van der Waals surface area contributed by atoms with E-state index < -0.39 is 24.3 Å². The third kappa shape index (κ3) is 6.09. The van der Waals surface area contributed by atoms with Crippen molar-refractivity contribution in [3.8, 4) is 17.2 Å². The first-order chi connectivity index (χ1) is 15.7. The van der Waals surface area contributed by atoms with E-state index in [2.05, 4.69) is 5.32 Å². The molecule has 0 radical (unpaired) electrons. The smallest absolute Gasteiger partial charge is 0.416 e. The minimum atomic E-state index is -4.52. The number of amides is 2. The molecule has 1 fully saturated rings. The molecule has 2 amide bonds. The second-order valence-electron chi connectivity index (χ2n) is 7.47. The summed E-state index contributed by atoms with van der Waals surface area (Å²) in [7, 11) is 2.86. The Kier molecular flexibility index (Phi) is 7.67. The Bertz CT molecular complexity index is 1000. The van der Waals surface area contributed by atoms with Crippen molar-refractivity contribution in [1.82, 2.24) is 4.90 Å². The number of nitrogens with zero attached hydrogens (tertiary/aromatic N) is 1. The third-order valence-electron chi connectivity index (χ3n) is 5.20. The Morgan fingerprint density at radius 3 is 2.30 bits per heavy atom. The minimum Gasteiger partial charge on any atom is -0.493 e. The number of carbonyl (C=O) groups excluding carboxylic acids is 2. The van der Waals surface area contributed by atoms with Gasteiger partial charge in [0, 0.05) is 19.2 Å². The van der Waals surface area contributed by atoms with Gasteiger partial charge in [-0.15, -0.1) is 0 Å². The van der Waals surface area contributed by atoms with Crippen molar-refractivity contribution in [2.75, 3.05) is 39.2 Å². The van der Waals surface area contributed by atoms with Crippen LogP contribution in [-0.2, 0) is 11.0 Å². The summed E-state index contributed by atoms with van der Waals surface area (Å²) in [5.41, 5.74) is -0.461. The molecule has 3 rings (SSSR count). The van der Waals surface area contributed by atoms with Gasteiger partial charge >= 0.3 is 6.18 Å². The summed E-state index contributed by atoms with van der Waals surface area (Å²) in [5, 5.41) is 2.60. The fourth-order valence-electron chi connectivity index (χ4n) is 3.52. The molecule has 0 aromatic heterocycles. The molecule has 0 saturated carbocycles. The van der Waals surface area contributed by atoms with Crippen molar-refractivity contribution < 1.29 is 37.0 Å². The summed E-state index contributed by atoms with van der Waals surface area (Å²) in [6, 6.07) is 7.21. The van der Waals surface area contributed by atoms with Crippen LogP contribution in [0.4, 0.5) is 18.9 Å². The van der Waals surface area contributed by atoms with E-state index in [0.29, 0.717) is 24.6 Å². The lowest BCUT2D eigenvalue weighted by Gasteiger charge is -2.28. The zero-order valence-electron chi connectivity index (χ0n) is 18.3. The number of carbonyl (C=O) groups is 2. The van der Waals surface area contributed by atoms with E-state index in [4.69, 9.17) is 14.2 Å². The van der Waals surface area contributed by atoms with Gasteiger partial charge in [-0.05, 0) is 43.5 Å². The lowest BCUT2D eigenvalue weighted by molar-refractivity contribution is -0.137. The van der Waals surface area contributed by atoms with Gasteiger partial charge in [-0.2, -0.15) is 13.2 Å². The number of anilines is 1. The number of hydrogen-bond donors (Lipinski definition) is 1. The lowest BCUT2D eigenvalue weighted by atomic mass is 10.1. The number of likely N-dealkylation sites (tertiary alicyclic amines) is 1. The second kappa shape index (κ2) is 10.5. The van der Waals surface area contributed by atoms with Crippen LogP contribution in [0, 0.1) is 0 Å². The van der Waals surface area contributed by atoms with Crippen molar-refractivity contribution in [3.05, 3.63) is 47.5 Å². The molecule has 2 aromatic rings. The highest BCUT2D eigenvalue weighted by molar-refractivity contribution is 6.05. The SMILES string of the molecule is COc1cc(NC(=O)COc2cccc(C(F)(F)F)c2)c(C(=O)N2CCCCC2)cc1OC. The molecule has 7 nitrogen and oxygen atoms in total. The molecule has 1 aliphatic heterocycles. The zero-order chi connectivity index (χ0) is 24.0. The summed E-state index contributed by atoms with van der Waals surface area (Å²) < 4.78 is 54.4. The predicted octanol–water partition coefficient (Wildman–Crippen LogP) is 4.37. The Morgan fingerprint density at radius 2 is 1.67 bits per heavy atom. The maximum absolute atomic E-state index is 13.1. The molecule has 0 aliphatic carbocycles. The van der Waals surface area contributed by atoms with Crippen LogP contribution in [0.25, 0.3) is 0 Å². The average molecular weight is 466 g/mol. The topological polar surface area (TPSA) is 77.1 Å². The molecule has 1 aliphatic rings. The minimum absolute atomic E-state index is 0.100. The van der Waals surface area contributed by atoms with Gasteiger partial charge in [0.1, 0.15) is 5.75 Å². The number of hydrogen-bond acceptors (Lipinski definition) is 5. The second-order valence-corrected chi connectivity index (χ2v) is 7.47. The zero-order valence-corrected chi connectivity index (χ0v) is 18.3. The first-order valence-corrected chi connectivity index (χ1v) is 10.4. The Hall–Kier alpha value is -3.43. The number of halogens is 3. The molecule has 1 saturated heterocycles. The molecular formula is C23H25F3N2O5. The molecule has 0 atom stereocenters. The van der Waals surface area contributed by atoms with Crippen molar-refractivity contribution in [3.63, 3.8) is 0 Å². The number of piperidine rings is 1. The van der Waals surface area contributed by atoms with Gasteiger partial charge in [0.2, 0.25) is 0 Å². The van der Waals surface area contributed by atoms with E-state index in [9.17, 15) is 22.8 Å². The molecule has 10 heteroatoms. The van der Waals surface area contributed by atoms with Crippen LogP contribution >= 0.6 is 0 Å². The van der Waals surface area contributed by atoms with Crippen molar-refractivity contribution in [2.24, 2.45) is 0 Å². The Labute approximate surface area is 189 Å². The molecular weight excluding hydrogens is 441 g/mol. The Morgan fingerprint density at radius 1 is 1.00 bits per heavy atom. The van der Waals surface area contributed by atoms with Gasteiger partial charge in [0.25, 0.3) is 11.8 Å². The predicted molar refractivity (Wildman–Crippen MR) is 115 cm³/mol. The van der Waals surface area contributed by atoms with Crippen molar-refractivity contribution in [1.29, 1.82) is 0 Å². The van der Waals surface area contributed by atoms with Crippen LogP contribution in [-0.4, -0.2) is 50.6 Å². The number of ether oxygens (including phenoxy) is 3. The summed E-state index contributed by atoms with van der Waals surface area (Å²) in [6.07, 6.45) is -1.69. The van der Waals surface area contributed by atoms with Crippen molar-refractivity contribution >= 4 is 17.5 Å². The van der Waals surface area contributed by atoms with Gasteiger partial charge in [-0.25, -0.2) is 0 Å². The molecule has 1 heterocycles. The van der Waals surface area contributed by atoms with Crippen LogP contribution in [0.3, 0.4) is 0 Å². The maximum Gasteiger partial charge on any atom is 0.416 e.